The van der Waals surface area contributed by atoms with Gasteiger partial charge in [0, 0.05) is 10.4 Å². The highest BCUT2D eigenvalue weighted by molar-refractivity contribution is 9.09. The number of hydrogen-bond acceptors (Lipinski definition) is 0. The zero-order valence-corrected chi connectivity index (χ0v) is 11.8. The van der Waals surface area contributed by atoms with Crippen molar-refractivity contribution in [3.05, 3.63) is 70.5 Å². The molecule has 2 aromatic carbocycles. The molecule has 0 radical (unpaired) electrons. The molecule has 0 saturated carbocycles. The second-order valence-corrected chi connectivity index (χ2v) is 5.53. The Morgan fingerprint density at radius 3 is 2.47 bits per heavy atom. The lowest BCUT2D eigenvalue weighted by Gasteiger charge is -2.12. The summed E-state index contributed by atoms with van der Waals surface area (Å²) < 4.78 is 40.3. The highest BCUT2D eigenvalue weighted by Crippen LogP contribution is 2.30. The zero-order chi connectivity index (χ0) is 14.0. The molecular weight excluding hydrogens is 317 g/mol. The molecule has 0 spiro atoms. The average molecular weight is 329 g/mol. The first-order chi connectivity index (χ1) is 8.97. The van der Waals surface area contributed by atoms with Gasteiger partial charge in [-0.1, -0.05) is 28.1 Å². The van der Waals surface area contributed by atoms with Crippen LogP contribution in [-0.2, 0) is 6.42 Å². The molecule has 0 saturated heterocycles. The van der Waals surface area contributed by atoms with Gasteiger partial charge < -0.3 is 0 Å². The molecule has 0 heterocycles. The first-order valence-corrected chi connectivity index (χ1v) is 6.73. The smallest absolute Gasteiger partial charge is 0.128 e. The Labute approximate surface area is 118 Å². The van der Waals surface area contributed by atoms with Crippen molar-refractivity contribution in [3.63, 3.8) is 0 Å². The van der Waals surface area contributed by atoms with Crippen LogP contribution in [0.25, 0.3) is 0 Å². The van der Waals surface area contributed by atoms with Gasteiger partial charge in [-0.3, -0.25) is 0 Å². The lowest BCUT2D eigenvalue weighted by Crippen LogP contribution is -2.01. The number of hydrogen-bond donors (Lipinski definition) is 0. The maximum Gasteiger partial charge on any atom is 0.128 e. The fourth-order valence-electron chi connectivity index (χ4n) is 1.88. The average Bonchev–Trinajstić information content (AvgIpc) is 2.33. The molecule has 0 N–H and O–H groups in total. The second-order valence-electron chi connectivity index (χ2n) is 4.42. The van der Waals surface area contributed by atoms with E-state index in [1.54, 1.807) is 12.1 Å². The SMILES string of the molecule is Cc1cc(F)c(C(Br)Cc2cccc(F)c2)cc1F. The Morgan fingerprint density at radius 2 is 1.79 bits per heavy atom. The lowest BCUT2D eigenvalue weighted by molar-refractivity contribution is 0.577. The van der Waals surface area contributed by atoms with Crippen molar-refractivity contribution >= 4 is 15.9 Å². The number of rotatable bonds is 3. The molecule has 100 valence electrons. The van der Waals surface area contributed by atoms with E-state index in [0.717, 1.165) is 5.56 Å². The van der Waals surface area contributed by atoms with E-state index in [9.17, 15) is 13.2 Å². The van der Waals surface area contributed by atoms with Gasteiger partial charge in [-0.2, -0.15) is 0 Å². The van der Waals surface area contributed by atoms with Gasteiger partial charge >= 0.3 is 0 Å². The summed E-state index contributed by atoms with van der Waals surface area (Å²) in [6.45, 7) is 1.51. The molecule has 19 heavy (non-hydrogen) atoms. The van der Waals surface area contributed by atoms with Gasteiger partial charge in [0.25, 0.3) is 0 Å². The molecule has 0 aliphatic carbocycles. The van der Waals surface area contributed by atoms with Crippen LogP contribution in [0, 0.1) is 24.4 Å². The molecule has 0 bridgehead atoms. The Kier molecular flexibility index (Phi) is 4.30. The van der Waals surface area contributed by atoms with Crippen molar-refractivity contribution in [3.8, 4) is 0 Å². The summed E-state index contributed by atoms with van der Waals surface area (Å²) >= 11 is 3.33. The summed E-state index contributed by atoms with van der Waals surface area (Å²) in [5.74, 6) is -1.25. The van der Waals surface area contributed by atoms with Crippen LogP contribution in [0.5, 0.6) is 0 Å². The van der Waals surface area contributed by atoms with E-state index >= 15 is 0 Å². The zero-order valence-electron chi connectivity index (χ0n) is 10.3. The number of alkyl halides is 1. The van der Waals surface area contributed by atoms with Crippen molar-refractivity contribution in [2.75, 3.05) is 0 Å². The van der Waals surface area contributed by atoms with Gasteiger partial charge in [0.15, 0.2) is 0 Å². The van der Waals surface area contributed by atoms with E-state index in [2.05, 4.69) is 15.9 Å². The number of halogens is 4. The standard InChI is InChI=1S/C15H12BrF3/c1-9-5-15(19)12(8-14(9)18)13(16)7-10-3-2-4-11(17)6-10/h2-6,8,13H,7H2,1H3. The summed E-state index contributed by atoms with van der Waals surface area (Å²) in [4.78, 5) is -0.399. The highest BCUT2D eigenvalue weighted by atomic mass is 79.9. The topological polar surface area (TPSA) is 0 Å². The molecule has 0 nitrogen and oxygen atoms in total. The molecule has 0 aliphatic heterocycles. The monoisotopic (exact) mass is 328 g/mol. The molecule has 0 aliphatic rings. The van der Waals surface area contributed by atoms with Gasteiger partial charge in [0.05, 0.1) is 0 Å². The highest BCUT2D eigenvalue weighted by Gasteiger charge is 2.16. The van der Waals surface area contributed by atoms with Crippen molar-refractivity contribution in [2.45, 2.75) is 18.2 Å². The van der Waals surface area contributed by atoms with E-state index in [4.69, 9.17) is 0 Å². The quantitative estimate of drug-likeness (QED) is 0.688. The lowest BCUT2D eigenvalue weighted by atomic mass is 10.0. The third-order valence-corrected chi connectivity index (χ3v) is 3.74. The minimum absolute atomic E-state index is 0.243. The fourth-order valence-corrected chi connectivity index (χ4v) is 2.61. The van der Waals surface area contributed by atoms with Crippen LogP contribution in [0.3, 0.4) is 0 Å². The first-order valence-electron chi connectivity index (χ1n) is 5.81. The summed E-state index contributed by atoms with van der Waals surface area (Å²) in [7, 11) is 0. The Morgan fingerprint density at radius 1 is 1.05 bits per heavy atom. The molecule has 0 fully saturated rings. The Balaban J connectivity index is 2.25. The summed E-state index contributed by atoms with van der Waals surface area (Å²) in [6, 6.07) is 8.43. The number of aryl methyl sites for hydroxylation is 1. The van der Waals surface area contributed by atoms with Crippen LogP contribution in [-0.4, -0.2) is 0 Å². The third-order valence-electron chi connectivity index (χ3n) is 2.92. The maximum atomic E-state index is 13.8. The van der Waals surface area contributed by atoms with E-state index in [1.807, 2.05) is 0 Å². The molecule has 0 amide bonds. The molecular formula is C15H12BrF3. The minimum atomic E-state index is -0.461. The Hall–Kier alpha value is -1.29. The fraction of sp³-hybridized carbons (Fsp3) is 0.200. The summed E-state index contributed by atoms with van der Waals surface area (Å²) in [5, 5.41) is 0. The largest absolute Gasteiger partial charge is 0.207 e. The minimum Gasteiger partial charge on any atom is -0.207 e. The van der Waals surface area contributed by atoms with Crippen LogP contribution in [0.15, 0.2) is 36.4 Å². The molecule has 2 rings (SSSR count). The van der Waals surface area contributed by atoms with Gasteiger partial charge in [-0.15, -0.1) is 0 Å². The molecule has 1 unspecified atom stereocenters. The third kappa shape index (κ3) is 3.38. The van der Waals surface area contributed by atoms with Crippen LogP contribution in [0.2, 0.25) is 0 Å². The first kappa shape index (κ1) is 14.1. The maximum absolute atomic E-state index is 13.8. The van der Waals surface area contributed by atoms with E-state index in [1.165, 1.54) is 31.2 Å². The van der Waals surface area contributed by atoms with Crippen LogP contribution in [0.4, 0.5) is 13.2 Å². The van der Waals surface area contributed by atoms with Crippen molar-refractivity contribution < 1.29 is 13.2 Å². The second kappa shape index (κ2) is 5.78. The van der Waals surface area contributed by atoms with Gasteiger partial charge in [-0.25, -0.2) is 13.2 Å². The van der Waals surface area contributed by atoms with E-state index in [-0.39, 0.29) is 16.9 Å². The predicted octanol–water partition coefficient (Wildman–Crippen LogP) is 5.09. The van der Waals surface area contributed by atoms with Crippen LogP contribution in [0.1, 0.15) is 21.5 Å². The summed E-state index contributed by atoms with van der Waals surface area (Å²) in [5.41, 5.74) is 1.24. The Bertz CT molecular complexity index is 596. The molecule has 1 atom stereocenters. The predicted molar refractivity (Wildman–Crippen MR) is 72.9 cm³/mol. The molecule has 0 aromatic heterocycles. The van der Waals surface area contributed by atoms with E-state index < -0.39 is 16.5 Å². The summed E-state index contributed by atoms with van der Waals surface area (Å²) in [6.07, 6.45) is 0.386. The normalized spacial score (nSPS) is 12.5. The molecule has 2 aromatic rings. The van der Waals surface area contributed by atoms with Crippen LogP contribution < -0.4 is 0 Å². The van der Waals surface area contributed by atoms with Crippen molar-refractivity contribution in [1.82, 2.24) is 0 Å². The van der Waals surface area contributed by atoms with Gasteiger partial charge in [0.2, 0.25) is 0 Å². The van der Waals surface area contributed by atoms with Crippen LogP contribution >= 0.6 is 15.9 Å². The van der Waals surface area contributed by atoms with E-state index in [0.29, 0.717) is 6.42 Å². The van der Waals surface area contributed by atoms with Crippen molar-refractivity contribution in [1.29, 1.82) is 0 Å². The molecule has 4 heteroatoms. The van der Waals surface area contributed by atoms with Crippen molar-refractivity contribution in [2.24, 2.45) is 0 Å². The van der Waals surface area contributed by atoms with Gasteiger partial charge in [0.1, 0.15) is 17.5 Å². The van der Waals surface area contributed by atoms with Gasteiger partial charge in [-0.05, 0) is 48.7 Å². The number of benzene rings is 2.